The minimum Gasteiger partial charge on any atom is -0.366 e. The van der Waals surface area contributed by atoms with E-state index in [-0.39, 0.29) is 6.04 Å². The minimum atomic E-state index is -0.0743. The Morgan fingerprint density at radius 1 is 1.06 bits per heavy atom. The van der Waals surface area contributed by atoms with Crippen molar-refractivity contribution in [2.24, 2.45) is 0 Å². The molecule has 1 N–H and O–H groups in total. The average molecular weight is 485 g/mol. The van der Waals surface area contributed by atoms with E-state index in [4.69, 9.17) is 23.2 Å². The molecule has 1 aliphatic rings. The van der Waals surface area contributed by atoms with Gasteiger partial charge < -0.3 is 9.88 Å². The first kappa shape index (κ1) is 22.1. The third kappa shape index (κ3) is 4.43. The first-order chi connectivity index (χ1) is 16.2. The Morgan fingerprint density at radius 3 is 2.55 bits per heavy atom. The molecule has 1 unspecified atom stereocenters. The van der Waals surface area contributed by atoms with Gasteiger partial charge in [-0.1, -0.05) is 54.7 Å². The number of pyridine rings is 1. The molecule has 0 aliphatic carbocycles. The summed E-state index contributed by atoms with van der Waals surface area (Å²) in [6, 6.07) is 10.5. The van der Waals surface area contributed by atoms with Crippen molar-refractivity contribution in [1.29, 1.82) is 0 Å². The molecule has 0 radical (unpaired) electrons. The normalized spacial score (nSPS) is 15.9. The Morgan fingerprint density at radius 2 is 1.82 bits per heavy atom. The van der Waals surface area contributed by atoms with Gasteiger partial charge in [-0.2, -0.15) is 0 Å². The number of aryl methyl sites for hydroxylation is 1. The van der Waals surface area contributed by atoms with Crippen LogP contribution in [0.1, 0.15) is 37.3 Å². The molecule has 1 atom stereocenters. The highest BCUT2D eigenvalue weighted by molar-refractivity contribution is 6.38. The monoisotopic (exact) mass is 484 g/mol. The van der Waals surface area contributed by atoms with Crippen LogP contribution >= 0.6 is 23.2 Å². The summed E-state index contributed by atoms with van der Waals surface area (Å²) in [5, 5.41) is 15.1. The molecule has 3 aromatic heterocycles. The number of benzene rings is 1. The van der Waals surface area contributed by atoms with Gasteiger partial charge in [0.15, 0.2) is 5.82 Å². The van der Waals surface area contributed by atoms with Crippen LogP contribution in [-0.4, -0.2) is 61.3 Å². The highest BCUT2D eigenvalue weighted by atomic mass is 35.5. The summed E-state index contributed by atoms with van der Waals surface area (Å²) in [4.78, 5) is 12.3. The van der Waals surface area contributed by atoms with Crippen LogP contribution in [0.2, 0.25) is 10.0 Å². The van der Waals surface area contributed by atoms with Gasteiger partial charge in [-0.15, -0.1) is 5.10 Å². The number of para-hydroxylation sites is 1. The number of unbranched alkanes of at least 4 members (excludes halogenated alkanes) is 1. The number of rotatable bonds is 7. The molecule has 0 amide bonds. The van der Waals surface area contributed by atoms with E-state index in [2.05, 4.69) is 66.5 Å². The smallest absolute Gasteiger partial charge is 0.174 e. The lowest BCUT2D eigenvalue weighted by Gasteiger charge is -2.39. The van der Waals surface area contributed by atoms with Crippen LogP contribution < -0.4 is 4.90 Å². The number of aromatic amines is 1. The predicted molar refractivity (Wildman–Crippen MR) is 131 cm³/mol. The molecule has 8 nitrogen and oxygen atoms in total. The van der Waals surface area contributed by atoms with Crippen molar-refractivity contribution < 1.29 is 0 Å². The third-order valence-electron chi connectivity index (χ3n) is 6.20. The number of halogens is 2. The molecule has 1 aromatic carbocycles. The van der Waals surface area contributed by atoms with E-state index in [1.165, 1.54) is 5.39 Å². The minimum absolute atomic E-state index is 0.0743. The fourth-order valence-electron chi connectivity index (χ4n) is 4.53. The molecule has 4 heterocycles. The first-order valence-corrected chi connectivity index (χ1v) is 12.0. The Labute approximate surface area is 202 Å². The second-order valence-corrected chi connectivity index (χ2v) is 9.12. The van der Waals surface area contributed by atoms with Crippen molar-refractivity contribution in [3.05, 3.63) is 64.3 Å². The van der Waals surface area contributed by atoms with Crippen molar-refractivity contribution in [2.75, 3.05) is 31.1 Å². The quantitative estimate of drug-likeness (QED) is 0.413. The van der Waals surface area contributed by atoms with Crippen LogP contribution in [0.4, 0.5) is 5.69 Å². The van der Waals surface area contributed by atoms with Crippen LogP contribution in [0, 0.1) is 0 Å². The van der Waals surface area contributed by atoms with E-state index in [0.29, 0.717) is 10.0 Å². The molecule has 0 bridgehead atoms. The lowest BCUT2D eigenvalue weighted by Crippen LogP contribution is -2.48. The molecule has 0 spiro atoms. The summed E-state index contributed by atoms with van der Waals surface area (Å²) in [6.07, 6.45) is 5.40. The summed E-state index contributed by atoms with van der Waals surface area (Å²) in [7, 11) is 0. The predicted octanol–water partition coefficient (Wildman–Crippen LogP) is 4.57. The summed E-state index contributed by atoms with van der Waals surface area (Å²) in [6.45, 7) is 6.18. The number of aromatic nitrogens is 6. The standard InChI is InChI=1S/C23H26Cl2N8/c1-2-3-8-33-23(28-29-30-33)22(20-13-16-6-4-5-7-19(16)27-20)32-11-9-31(10-12-32)21-17(24)14-26-15-18(21)25/h4-7,13-15,22,27H,2-3,8-12H2,1H3. The Bertz CT molecular complexity index is 1170. The van der Waals surface area contributed by atoms with Crippen molar-refractivity contribution in [1.82, 2.24) is 35.1 Å². The van der Waals surface area contributed by atoms with E-state index >= 15 is 0 Å². The number of nitrogens with zero attached hydrogens (tertiary/aromatic N) is 7. The third-order valence-corrected chi connectivity index (χ3v) is 6.75. The van der Waals surface area contributed by atoms with Gasteiger partial charge in [0, 0.05) is 56.3 Å². The molecule has 5 rings (SSSR count). The lowest BCUT2D eigenvalue weighted by molar-refractivity contribution is 0.198. The van der Waals surface area contributed by atoms with Gasteiger partial charge in [0.1, 0.15) is 6.04 Å². The maximum absolute atomic E-state index is 6.42. The average Bonchev–Trinajstić information content (AvgIpc) is 3.46. The molecule has 4 aromatic rings. The van der Waals surface area contributed by atoms with E-state index in [0.717, 1.165) is 68.3 Å². The van der Waals surface area contributed by atoms with Crippen molar-refractivity contribution >= 4 is 39.8 Å². The fourth-order valence-corrected chi connectivity index (χ4v) is 5.13. The maximum atomic E-state index is 6.42. The zero-order valence-corrected chi connectivity index (χ0v) is 20.0. The molecular formula is C23H26Cl2N8. The van der Waals surface area contributed by atoms with Crippen LogP contribution in [0.3, 0.4) is 0 Å². The number of hydrogen-bond acceptors (Lipinski definition) is 6. The van der Waals surface area contributed by atoms with E-state index in [9.17, 15) is 0 Å². The topological polar surface area (TPSA) is 78.8 Å². The summed E-state index contributed by atoms with van der Waals surface area (Å²) < 4.78 is 1.95. The first-order valence-electron chi connectivity index (χ1n) is 11.3. The number of hydrogen-bond donors (Lipinski definition) is 1. The Hall–Kier alpha value is -2.68. The number of anilines is 1. The van der Waals surface area contributed by atoms with E-state index in [1.54, 1.807) is 12.4 Å². The molecule has 10 heteroatoms. The molecule has 1 fully saturated rings. The van der Waals surface area contributed by atoms with Gasteiger partial charge in [-0.3, -0.25) is 9.88 Å². The van der Waals surface area contributed by atoms with Gasteiger partial charge in [0.25, 0.3) is 0 Å². The second kappa shape index (κ2) is 9.67. The second-order valence-electron chi connectivity index (χ2n) is 8.30. The summed E-state index contributed by atoms with van der Waals surface area (Å²) in [5.74, 6) is 0.864. The van der Waals surface area contributed by atoms with Crippen molar-refractivity contribution in [3.8, 4) is 0 Å². The van der Waals surface area contributed by atoms with Crippen molar-refractivity contribution in [3.63, 3.8) is 0 Å². The summed E-state index contributed by atoms with van der Waals surface area (Å²) in [5.41, 5.74) is 3.05. The zero-order chi connectivity index (χ0) is 22.8. The summed E-state index contributed by atoms with van der Waals surface area (Å²) >= 11 is 12.8. The Balaban J connectivity index is 1.46. The largest absolute Gasteiger partial charge is 0.366 e. The number of tetrazole rings is 1. The van der Waals surface area contributed by atoms with Gasteiger partial charge in [-0.05, 0) is 34.4 Å². The highest BCUT2D eigenvalue weighted by Gasteiger charge is 2.32. The van der Waals surface area contributed by atoms with Crippen molar-refractivity contribution in [2.45, 2.75) is 32.4 Å². The molecule has 33 heavy (non-hydrogen) atoms. The van der Waals surface area contributed by atoms with Crippen LogP contribution in [-0.2, 0) is 6.54 Å². The van der Waals surface area contributed by atoms with Gasteiger partial charge in [0.2, 0.25) is 0 Å². The van der Waals surface area contributed by atoms with Gasteiger partial charge >= 0.3 is 0 Å². The molecule has 1 saturated heterocycles. The molecule has 0 saturated carbocycles. The molecule has 1 aliphatic heterocycles. The number of H-pyrrole nitrogens is 1. The SMILES string of the molecule is CCCCn1nnnc1C(c1cc2ccccc2[nH]1)N1CCN(c2c(Cl)cncc2Cl)CC1. The fraction of sp³-hybridized carbons (Fsp3) is 0.391. The number of piperazine rings is 1. The number of nitrogens with one attached hydrogen (secondary N) is 1. The van der Waals surface area contributed by atoms with E-state index < -0.39 is 0 Å². The van der Waals surface area contributed by atoms with E-state index in [1.807, 2.05) is 10.7 Å². The zero-order valence-electron chi connectivity index (χ0n) is 18.5. The Kier molecular flexibility index (Phi) is 6.48. The van der Waals surface area contributed by atoms with Crippen LogP contribution in [0.25, 0.3) is 10.9 Å². The molecular weight excluding hydrogens is 459 g/mol. The maximum Gasteiger partial charge on any atom is 0.174 e. The van der Waals surface area contributed by atoms with Gasteiger partial charge in [0.05, 0.1) is 15.7 Å². The van der Waals surface area contributed by atoms with Gasteiger partial charge in [-0.25, -0.2) is 4.68 Å². The highest BCUT2D eigenvalue weighted by Crippen LogP contribution is 2.35. The number of fused-ring (bicyclic) bond motifs is 1. The van der Waals surface area contributed by atoms with Crippen LogP contribution in [0.5, 0.6) is 0 Å². The van der Waals surface area contributed by atoms with Crippen LogP contribution in [0.15, 0.2) is 42.7 Å². The molecule has 172 valence electrons. The lowest BCUT2D eigenvalue weighted by atomic mass is 10.1.